The molecule has 2 rings (SSSR count). The lowest BCUT2D eigenvalue weighted by molar-refractivity contribution is -0.120. The van der Waals surface area contributed by atoms with Gasteiger partial charge in [-0.15, -0.1) is 0 Å². The Bertz CT molecular complexity index is 762. The fourth-order valence-corrected chi connectivity index (χ4v) is 2.14. The topological polar surface area (TPSA) is 96.5 Å². The summed E-state index contributed by atoms with van der Waals surface area (Å²) in [5.74, 6) is -0.699. The van der Waals surface area contributed by atoms with Crippen LogP contribution in [0.4, 0.5) is 10.5 Å². The van der Waals surface area contributed by atoms with Gasteiger partial charge in [0.1, 0.15) is 0 Å². The van der Waals surface area contributed by atoms with Crippen molar-refractivity contribution in [1.29, 1.82) is 0 Å². The molecule has 0 aromatic heterocycles. The summed E-state index contributed by atoms with van der Waals surface area (Å²) in [6, 6.07) is 15.9. The van der Waals surface area contributed by atoms with Crippen LogP contribution in [0.2, 0.25) is 0 Å². The minimum Gasteiger partial charge on any atom is -0.450 e. The van der Waals surface area contributed by atoms with E-state index in [4.69, 9.17) is 4.74 Å². The number of carbonyl (C=O) groups is 3. The molecule has 0 aliphatic heterocycles. The van der Waals surface area contributed by atoms with Crippen LogP contribution < -0.4 is 16.0 Å². The summed E-state index contributed by atoms with van der Waals surface area (Å²) in [5.41, 5.74) is 1.74. The molecule has 3 N–H and O–H groups in total. The van der Waals surface area contributed by atoms with Gasteiger partial charge in [0.2, 0.25) is 5.91 Å². The highest BCUT2D eigenvalue weighted by Gasteiger charge is 2.10. The van der Waals surface area contributed by atoms with Gasteiger partial charge in [-0.05, 0) is 30.7 Å². The van der Waals surface area contributed by atoms with Gasteiger partial charge in [0.15, 0.2) is 0 Å². The van der Waals surface area contributed by atoms with Crippen LogP contribution in [0.15, 0.2) is 54.6 Å². The second-order valence-electron chi connectivity index (χ2n) is 5.37. The molecule has 0 heterocycles. The number of hydrogen-bond donors (Lipinski definition) is 3. The van der Waals surface area contributed by atoms with Gasteiger partial charge in [-0.25, -0.2) is 4.79 Å². The van der Waals surface area contributed by atoms with Crippen molar-refractivity contribution in [1.82, 2.24) is 10.6 Å². The first-order valence-electron chi connectivity index (χ1n) is 8.21. The Labute approximate surface area is 151 Å². The summed E-state index contributed by atoms with van der Waals surface area (Å²) >= 11 is 0. The van der Waals surface area contributed by atoms with E-state index in [0.717, 1.165) is 5.56 Å². The monoisotopic (exact) mass is 355 g/mol. The Morgan fingerprint density at radius 3 is 2.46 bits per heavy atom. The van der Waals surface area contributed by atoms with Gasteiger partial charge < -0.3 is 15.4 Å². The van der Waals surface area contributed by atoms with Gasteiger partial charge >= 0.3 is 6.09 Å². The molecule has 0 radical (unpaired) electrons. The van der Waals surface area contributed by atoms with Crippen molar-refractivity contribution in [3.05, 3.63) is 65.7 Å². The first-order chi connectivity index (χ1) is 12.6. The number of amides is 3. The van der Waals surface area contributed by atoms with E-state index in [2.05, 4.69) is 16.0 Å². The molecule has 26 heavy (non-hydrogen) atoms. The third kappa shape index (κ3) is 6.27. The van der Waals surface area contributed by atoms with Gasteiger partial charge in [-0.2, -0.15) is 0 Å². The fraction of sp³-hybridized carbons (Fsp3) is 0.211. The first kappa shape index (κ1) is 19.0. The van der Waals surface area contributed by atoms with Crippen molar-refractivity contribution in [2.45, 2.75) is 13.5 Å². The van der Waals surface area contributed by atoms with Gasteiger partial charge in [0.05, 0.1) is 13.2 Å². The highest BCUT2D eigenvalue weighted by molar-refractivity contribution is 5.98. The third-order valence-electron chi connectivity index (χ3n) is 3.39. The smallest absolute Gasteiger partial charge is 0.411 e. The normalized spacial score (nSPS) is 9.88. The molecule has 2 aromatic rings. The van der Waals surface area contributed by atoms with Crippen molar-refractivity contribution in [2.24, 2.45) is 0 Å². The summed E-state index contributed by atoms with van der Waals surface area (Å²) in [6.07, 6.45) is -0.592. The summed E-state index contributed by atoms with van der Waals surface area (Å²) < 4.78 is 4.78. The van der Waals surface area contributed by atoms with E-state index >= 15 is 0 Å². The number of anilines is 1. The lowest BCUT2D eigenvalue weighted by Crippen LogP contribution is -2.36. The zero-order valence-electron chi connectivity index (χ0n) is 14.5. The number of carbonyl (C=O) groups excluding carboxylic acids is 3. The molecular weight excluding hydrogens is 334 g/mol. The zero-order valence-corrected chi connectivity index (χ0v) is 14.5. The predicted molar refractivity (Wildman–Crippen MR) is 97.7 cm³/mol. The van der Waals surface area contributed by atoms with E-state index in [1.165, 1.54) is 6.07 Å². The van der Waals surface area contributed by atoms with Gasteiger partial charge in [-0.1, -0.05) is 36.4 Å². The average molecular weight is 355 g/mol. The predicted octanol–water partition coefficient (Wildman–Crippen LogP) is 2.30. The van der Waals surface area contributed by atoms with Crippen molar-refractivity contribution < 1.29 is 19.1 Å². The van der Waals surface area contributed by atoms with E-state index in [9.17, 15) is 14.4 Å². The Morgan fingerprint density at radius 1 is 0.962 bits per heavy atom. The molecule has 0 fully saturated rings. The van der Waals surface area contributed by atoms with Crippen LogP contribution in [0.1, 0.15) is 22.8 Å². The molecule has 0 atom stereocenters. The largest absolute Gasteiger partial charge is 0.450 e. The quantitative estimate of drug-likeness (QED) is 0.710. The molecule has 0 saturated heterocycles. The molecule has 7 heteroatoms. The maximum atomic E-state index is 12.2. The number of ether oxygens (including phenoxy) is 1. The maximum Gasteiger partial charge on any atom is 0.411 e. The minimum atomic E-state index is -0.592. The van der Waals surface area contributed by atoms with E-state index in [0.29, 0.717) is 17.8 Å². The van der Waals surface area contributed by atoms with E-state index in [1.54, 1.807) is 25.1 Å². The lowest BCUT2D eigenvalue weighted by atomic mass is 10.2. The van der Waals surface area contributed by atoms with Crippen LogP contribution >= 0.6 is 0 Å². The zero-order chi connectivity index (χ0) is 18.8. The molecule has 136 valence electrons. The minimum absolute atomic E-state index is 0.138. The Kier molecular flexibility index (Phi) is 7.17. The van der Waals surface area contributed by atoms with Crippen LogP contribution in [0.3, 0.4) is 0 Å². The van der Waals surface area contributed by atoms with Crippen LogP contribution in [-0.2, 0) is 16.1 Å². The number of benzene rings is 2. The van der Waals surface area contributed by atoms with Crippen molar-refractivity contribution in [3.8, 4) is 0 Å². The van der Waals surface area contributed by atoms with Crippen LogP contribution in [0.25, 0.3) is 0 Å². The molecule has 0 saturated carbocycles. The maximum absolute atomic E-state index is 12.2. The molecule has 0 aliphatic rings. The van der Waals surface area contributed by atoms with Gasteiger partial charge in [-0.3, -0.25) is 14.9 Å². The number of hydrogen-bond acceptors (Lipinski definition) is 4. The molecule has 7 nitrogen and oxygen atoms in total. The standard InChI is InChI=1S/C19H21N3O4/c1-2-26-19(25)22-16-10-6-9-15(11-16)18(24)21-13-17(23)20-12-14-7-4-3-5-8-14/h3-11H,2,12-13H2,1H3,(H,20,23)(H,21,24)(H,22,25). The highest BCUT2D eigenvalue weighted by atomic mass is 16.5. The molecule has 0 unspecified atom stereocenters. The van der Waals surface area contributed by atoms with Crippen LogP contribution in [-0.4, -0.2) is 31.1 Å². The molecule has 0 spiro atoms. The summed E-state index contributed by atoms with van der Waals surface area (Å²) in [6.45, 7) is 2.21. The summed E-state index contributed by atoms with van der Waals surface area (Å²) in [4.78, 5) is 35.4. The van der Waals surface area contributed by atoms with Gasteiger partial charge in [0, 0.05) is 17.8 Å². The Morgan fingerprint density at radius 2 is 1.73 bits per heavy atom. The Hall–Kier alpha value is -3.35. The summed E-state index contributed by atoms with van der Waals surface area (Å²) in [7, 11) is 0. The van der Waals surface area contributed by atoms with Crippen molar-refractivity contribution in [2.75, 3.05) is 18.5 Å². The first-order valence-corrected chi connectivity index (χ1v) is 8.21. The molecule has 0 aliphatic carbocycles. The third-order valence-corrected chi connectivity index (χ3v) is 3.39. The second kappa shape index (κ2) is 9.83. The average Bonchev–Trinajstić information content (AvgIpc) is 2.65. The lowest BCUT2D eigenvalue weighted by Gasteiger charge is -2.09. The Balaban J connectivity index is 1.81. The van der Waals surface area contributed by atoms with E-state index in [1.807, 2.05) is 30.3 Å². The SMILES string of the molecule is CCOC(=O)Nc1cccc(C(=O)NCC(=O)NCc2ccccc2)c1. The molecule has 3 amide bonds. The van der Waals surface area contributed by atoms with Crippen LogP contribution in [0.5, 0.6) is 0 Å². The number of nitrogens with one attached hydrogen (secondary N) is 3. The molecular formula is C19H21N3O4. The van der Waals surface area contributed by atoms with Crippen molar-refractivity contribution >= 4 is 23.6 Å². The molecule has 0 bridgehead atoms. The van der Waals surface area contributed by atoms with Crippen LogP contribution in [0, 0.1) is 0 Å². The number of rotatable bonds is 7. The van der Waals surface area contributed by atoms with E-state index < -0.39 is 12.0 Å². The van der Waals surface area contributed by atoms with E-state index in [-0.39, 0.29) is 19.1 Å². The molecule has 2 aromatic carbocycles. The van der Waals surface area contributed by atoms with Crippen molar-refractivity contribution in [3.63, 3.8) is 0 Å². The second-order valence-corrected chi connectivity index (χ2v) is 5.37. The highest BCUT2D eigenvalue weighted by Crippen LogP contribution is 2.11. The summed E-state index contributed by atoms with van der Waals surface area (Å²) in [5, 5.41) is 7.80. The fourth-order valence-electron chi connectivity index (χ4n) is 2.14. The van der Waals surface area contributed by atoms with Gasteiger partial charge in [0.25, 0.3) is 5.91 Å².